The first-order valence-corrected chi connectivity index (χ1v) is 6.93. The van der Waals surface area contributed by atoms with E-state index in [0.717, 1.165) is 13.0 Å². The maximum atomic E-state index is 11.5. The van der Waals surface area contributed by atoms with E-state index in [2.05, 4.69) is 29.4 Å². The van der Waals surface area contributed by atoms with Gasteiger partial charge in [-0.05, 0) is 40.3 Å². The van der Waals surface area contributed by atoms with Crippen molar-refractivity contribution >= 4 is 18.0 Å². The largest absolute Gasteiger partial charge is 0.481 e. The molecule has 4 N–H and O–H groups in total. The van der Waals surface area contributed by atoms with E-state index in [0.29, 0.717) is 12.6 Å². The third-order valence-corrected chi connectivity index (χ3v) is 3.10. The van der Waals surface area contributed by atoms with Crippen LogP contribution in [0.4, 0.5) is 4.79 Å². The predicted molar refractivity (Wildman–Crippen MR) is 77.2 cm³/mol. The number of aliphatic carboxylic acids is 2. The summed E-state index contributed by atoms with van der Waals surface area (Å²) in [7, 11) is 1.98. The predicted octanol–water partition coefficient (Wildman–Crippen LogP) is 0.334. The van der Waals surface area contributed by atoms with Gasteiger partial charge >= 0.3 is 18.0 Å². The third-order valence-electron chi connectivity index (χ3n) is 3.10. The smallest absolute Gasteiger partial charge is 0.326 e. The zero-order valence-electron chi connectivity index (χ0n) is 12.8. The van der Waals surface area contributed by atoms with Crippen molar-refractivity contribution in [1.29, 1.82) is 0 Å². The van der Waals surface area contributed by atoms with Gasteiger partial charge in [0.2, 0.25) is 0 Å². The summed E-state index contributed by atoms with van der Waals surface area (Å²) in [4.78, 5) is 35.0. The van der Waals surface area contributed by atoms with Crippen molar-refractivity contribution in [2.75, 3.05) is 20.1 Å². The lowest BCUT2D eigenvalue weighted by atomic mass is 10.1. The van der Waals surface area contributed by atoms with Crippen LogP contribution in [-0.4, -0.2) is 65.3 Å². The highest BCUT2D eigenvalue weighted by molar-refractivity contribution is 5.82. The lowest BCUT2D eigenvalue weighted by Gasteiger charge is -2.21. The van der Waals surface area contributed by atoms with Gasteiger partial charge in [-0.15, -0.1) is 0 Å². The maximum Gasteiger partial charge on any atom is 0.326 e. The summed E-state index contributed by atoms with van der Waals surface area (Å²) in [6.07, 6.45) is 0.291. The molecule has 0 aromatic heterocycles. The van der Waals surface area contributed by atoms with Crippen molar-refractivity contribution < 1.29 is 24.6 Å². The number of carbonyl (C=O) groups excluding carboxylic acids is 1. The van der Waals surface area contributed by atoms with Gasteiger partial charge in [0.05, 0.1) is 0 Å². The van der Waals surface area contributed by atoms with Crippen molar-refractivity contribution in [3.8, 4) is 0 Å². The topological polar surface area (TPSA) is 119 Å². The third kappa shape index (κ3) is 9.67. The quantitative estimate of drug-likeness (QED) is 0.432. The Kier molecular flexibility index (Phi) is 9.11. The van der Waals surface area contributed by atoms with Crippen molar-refractivity contribution in [2.24, 2.45) is 0 Å². The fourth-order valence-electron chi connectivity index (χ4n) is 1.52. The van der Waals surface area contributed by atoms with Gasteiger partial charge < -0.3 is 25.7 Å². The first-order chi connectivity index (χ1) is 9.73. The molecule has 21 heavy (non-hydrogen) atoms. The molecule has 0 rings (SSSR count). The number of hydrogen-bond donors (Lipinski definition) is 4. The van der Waals surface area contributed by atoms with Gasteiger partial charge in [-0.25, -0.2) is 9.59 Å². The molecule has 0 heterocycles. The fraction of sp³-hybridized carbons (Fsp3) is 0.769. The van der Waals surface area contributed by atoms with Gasteiger partial charge in [0, 0.05) is 19.0 Å². The van der Waals surface area contributed by atoms with Crippen LogP contribution in [0.15, 0.2) is 0 Å². The summed E-state index contributed by atoms with van der Waals surface area (Å²) in [5, 5.41) is 22.2. The van der Waals surface area contributed by atoms with Gasteiger partial charge in [-0.3, -0.25) is 4.79 Å². The molecule has 0 aromatic carbocycles. The SMILES string of the molecule is CC(C)N(C)CCCNC(=O)NC(CCC(=O)O)C(=O)O. The molecular formula is C13H25N3O5. The molecule has 122 valence electrons. The number of amides is 2. The Labute approximate surface area is 124 Å². The molecule has 0 saturated carbocycles. The first kappa shape index (κ1) is 19.2. The monoisotopic (exact) mass is 303 g/mol. The molecule has 1 unspecified atom stereocenters. The number of urea groups is 1. The molecule has 0 aliphatic carbocycles. The van der Waals surface area contributed by atoms with Crippen LogP contribution in [0.25, 0.3) is 0 Å². The Morgan fingerprint density at radius 1 is 1.19 bits per heavy atom. The summed E-state index contributed by atoms with van der Waals surface area (Å²) in [5.74, 6) is -2.34. The van der Waals surface area contributed by atoms with Crippen LogP contribution in [0.1, 0.15) is 33.1 Å². The van der Waals surface area contributed by atoms with Gasteiger partial charge in [0.15, 0.2) is 0 Å². The van der Waals surface area contributed by atoms with Crippen molar-refractivity contribution in [3.05, 3.63) is 0 Å². The number of carboxylic acids is 2. The van der Waals surface area contributed by atoms with E-state index < -0.39 is 24.0 Å². The van der Waals surface area contributed by atoms with Gasteiger partial charge in [0.25, 0.3) is 0 Å². The summed E-state index contributed by atoms with van der Waals surface area (Å²) in [6.45, 7) is 5.38. The van der Waals surface area contributed by atoms with Crippen LogP contribution in [0.5, 0.6) is 0 Å². The molecule has 8 heteroatoms. The van der Waals surface area contributed by atoms with Crippen LogP contribution >= 0.6 is 0 Å². The van der Waals surface area contributed by atoms with Crippen LogP contribution in [0, 0.1) is 0 Å². The number of hydrogen-bond acceptors (Lipinski definition) is 4. The van der Waals surface area contributed by atoms with E-state index in [9.17, 15) is 14.4 Å². The molecule has 0 aromatic rings. The van der Waals surface area contributed by atoms with E-state index in [1.165, 1.54) is 0 Å². The zero-order chi connectivity index (χ0) is 16.4. The minimum absolute atomic E-state index is 0.145. The summed E-state index contributed by atoms with van der Waals surface area (Å²) in [6, 6.07) is -1.37. The van der Waals surface area contributed by atoms with E-state index in [4.69, 9.17) is 10.2 Å². The van der Waals surface area contributed by atoms with Gasteiger partial charge in [-0.1, -0.05) is 0 Å². The molecule has 2 amide bonds. The molecule has 8 nitrogen and oxygen atoms in total. The van der Waals surface area contributed by atoms with E-state index in [1.54, 1.807) is 0 Å². The number of carbonyl (C=O) groups is 3. The molecule has 0 aliphatic heterocycles. The Morgan fingerprint density at radius 2 is 1.81 bits per heavy atom. The Balaban J connectivity index is 3.98. The Bertz CT molecular complexity index is 360. The molecule has 0 spiro atoms. The average Bonchev–Trinajstić information content (AvgIpc) is 2.38. The van der Waals surface area contributed by atoms with Gasteiger partial charge in [0.1, 0.15) is 6.04 Å². The fourth-order valence-corrected chi connectivity index (χ4v) is 1.52. The second-order valence-corrected chi connectivity index (χ2v) is 5.15. The normalized spacial score (nSPS) is 12.2. The first-order valence-electron chi connectivity index (χ1n) is 6.93. The summed E-state index contributed by atoms with van der Waals surface area (Å²) >= 11 is 0. The molecule has 0 saturated heterocycles. The van der Waals surface area contributed by atoms with E-state index >= 15 is 0 Å². The number of carboxylic acid groups (broad SMARTS) is 2. The van der Waals surface area contributed by atoms with E-state index in [1.807, 2.05) is 7.05 Å². The summed E-state index contributed by atoms with van der Waals surface area (Å²) in [5.41, 5.74) is 0. The number of nitrogens with one attached hydrogen (secondary N) is 2. The average molecular weight is 303 g/mol. The minimum Gasteiger partial charge on any atom is -0.481 e. The summed E-state index contributed by atoms with van der Waals surface area (Å²) < 4.78 is 0. The number of nitrogens with zero attached hydrogens (tertiary/aromatic N) is 1. The molecular weight excluding hydrogens is 278 g/mol. The molecule has 0 bridgehead atoms. The number of rotatable bonds is 10. The second-order valence-electron chi connectivity index (χ2n) is 5.15. The molecule has 0 aliphatic rings. The maximum absolute atomic E-state index is 11.5. The Morgan fingerprint density at radius 3 is 2.29 bits per heavy atom. The molecule has 0 radical (unpaired) electrons. The van der Waals surface area contributed by atoms with Crippen LogP contribution in [0.3, 0.4) is 0 Å². The zero-order valence-corrected chi connectivity index (χ0v) is 12.8. The van der Waals surface area contributed by atoms with Crippen molar-refractivity contribution in [3.63, 3.8) is 0 Å². The second kappa shape index (κ2) is 9.98. The highest BCUT2D eigenvalue weighted by Gasteiger charge is 2.20. The molecule has 1 atom stereocenters. The van der Waals surface area contributed by atoms with Crippen LogP contribution in [-0.2, 0) is 9.59 Å². The van der Waals surface area contributed by atoms with Crippen molar-refractivity contribution in [2.45, 2.75) is 45.2 Å². The molecule has 0 fully saturated rings. The highest BCUT2D eigenvalue weighted by atomic mass is 16.4. The lowest BCUT2D eigenvalue weighted by Crippen LogP contribution is -2.46. The van der Waals surface area contributed by atoms with Gasteiger partial charge in [-0.2, -0.15) is 0 Å². The lowest BCUT2D eigenvalue weighted by molar-refractivity contribution is -0.140. The van der Waals surface area contributed by atoms with Crippen LogP contribution < -0.4 is 10.6 Å². The van der Waals surface area contributed by atoms with Crippen molar-refractivity contribution in [1.82, 2.24) is 15.5 Å². The van der Waals surface area contributed by atoms with E-state index in [-0.39, 0.29) is 12.8 Å². The van der Waals surface area contributed by atoms with Crippen LogP contribution in [0.2, 0.25) is 0 Å². The Hall–Kier alpha value is -1.83. The highest BCUT2D eigenvalue weighted by Crippen LogP contribution is 1.98. The minimum atomic E-state index is -1.24. The standard InChI is InChI=1S/C13H25N3O5/c1-9(2)16(3)8-4-7-14-13(21)15-10(12(19)20)5-6-11(17)18/h9-10H,4-8H2,1-3H3,(H,17,18)(H,19,20)(H2,14,15,21).